The van der Waals surface area contributed by atoms with Gasteiger partial charge in [0.05, 0.1) is 53.2 Å². The molecule has 6 saturated carbocycles. The van der Waals surface area contributed by atoms with E-state index in [1.807, 2.05) is 9.80 Å². The maximum Gasteiger partial charge on any atom is 0.311 e. The van der Waals surface area contributed by atoms with E-state index in [0.29, 0.717) is 58.2 Å². The molecule has 0 aromatic heterocycles. The third-order valence-electron chi connectivity index (χ3n) is 19.9. The first-order chi connectivity index (χ1) is 33.8. The van der Waals surface area contributed by atoms with Crippen LogP contribution in [-0.2, 0) is 57.1 Å². The van der Waals surface area contributed by atoms with Crippen LogP contribution in [-0.4, -0.2) is 81.3 Å². The summed E-state index contributed by atoms with van der Waals surface area (Å²) in [5, 5.41) is 11.3. The first kappa shape index (κ1) is 54.1. The molecule has 2 amide bonds. The van der Waals surface area contributed by atoms with Crippen molar-refractivity contribution in [3.05, 3.63) is 92.2 Å². The van der Waals surface area contributed by atoms with Gasteiger partial charge in [-0.05, 0) is 161 Å². The zero-order valence-electron chi connectivity index (χ0n) is 46.0. The minimum atomic E-state index is -0.719. The van der Waals surface area contributed by atoms with Gasteiger partial charge in [0.1, 0.15) is 0 Å². The monoisotopic (exact) mass is 1040 g/mol. The van der Waals surface area contributed by atoms with E-state index >= 15 is 0 Å². The van der Waals surface area contributed by atoms with E-state index in [4.69, 9.17) is 37.4 Å². The van der Waals surface area contributed by atoms with Crippen LogP contribution in [0.4, 0.5) is 0 Å². The summed E-state index contributed by atoms with van der Waals surface area (Å²) in [5.74, 6) is -0.490. The Kier molecular flexibility index (Phi) is 13.3. The molecule has 2 aromatic carbocycles. The highest BCUT2D eigenvalue weighted by Gasteiger charge is 2.70. The van der Waals surface area contributed by atoms with Gasteiger partial charge in [-0.15, -0.1) is 0 Å². The van der Waals surface area contributed by atoms with E-state index in [1.165, 1.54) is 18.3 Å². The lowest BCUT2D eigenvalue weighted by molar-refractivity contribution is -0.166. The Morgan fingerprint density at radius 2 is 1.04 bits per heavy atom. The number of carbonyl (C=O) groups excluding carboxylic acids is 3. The summed E-state index contributed by atoms with van der Waals surface area (Å²) in [6.45, 7) is 27.2. The van der Waals surface area contributed by atoms with Crippen molar-refractivity contribution >= 4 is 47.0 Å². The van der Waals surface area contributed by atoms with Crippen LogP contribution in [0.3, 0.4) is 0 Å². The normalized spacial score (nSPS) is 34.8. The first-order valence-electron chi connectivity index (χ1n) is 27.1. The van der Waals surface area contributed by atoms with Crippen LogP contribution in [0.25, 0.3) is 0 Å². The van der Waals surface area contributed by atoms with Crippen LogP contribution in [0.15, 0.2) is 59.9 Å². The molecule has 2 aromatic rings. The van der Waals surface area contributed by atoms with Crippen LogP contribution in [0.5, 0.6) is 0 Å². The van der Waals surface area contributed by atoms with E-state index in [-0.39, 0.29) is 62.7 Å². The van der Waals surface area contributed by atoms with Gasteiger partial charge >= 0.3 is 11.9 Å². The van der Waals surface area contributed by atoms with Crippen LogP contribution in [0.2, 0.25) is 10.0 Å². The zero-order valence-corrected chi connectivity index (χ0v) is 47.6. The molecule has 2 saturated heterocycles. The Labute approximate surface area is 445 Å². The van der Waals surface area contributed by atoms with E-state index in [9.17, 15) is 24.3 Å². The lowest BCUT2D eigenvalue weighted by atomic mass is 9.60. The fourth-order valence-electron chi connectivity index (χ4n) is 14.5. The number of carboxylic acids is 1. The number of fused-ring (bicyclic) bond motifs is 4. The lowest BCUT2D eigenvalue weighted by Crippen LogP contribution is -2.62. The molecule has 4 bridgehead atoms. The third-order valence-corrected chi connectivity index (χ3v) is 20.6. The lowest BCUT2D eigenvalue weighted by Gasteiger charge is -2.57. The number of methoxy groups -OCH3 is 1. The number of hydrogen-bond acceptors (Lipinski definition) is 7. The number of ether oxygens (including phenoxy) is 3. The maximum atomic E-state index is 13.9. The summed E-state index contributed by atoms with van der Waals surface area (Å²) >= 11 is 13.7. The maximum absolute atomic E-state index is 13.9. The number of aliphatic carboxylic acids is 1. The molecule has 0 radical (unpaired) electrons. The predicted octanol–water partition coefficient (Wildman–Crippen LogP) is 13.1. The highest BCUT2D eigenvalue weighted by atomic mass is 35.5. The van der Waals surface area contributed by atoms with E-state index < -0.39 is 27.6 Å². The number of halogens is 2. The molecular formula is C61H82Cl2N2O8. The van der Waals surface area contributed by atoms with Gasteiger partial charge in [-0.3, -0.25) is 19.2 Å². The number of carboxylic acid groups (broad SMARTS) is 1. The molecule has 12 heteroatoms. The fourth-order valence-corrected chi connectivity index (χ4v) is 15.0. The number of esters is 1. The molecule has 10 aliphatic rings. The molecule has 10 nitrogen and oxygen atoms in total. The Morgan fingerprint density at radius 1 is 0.658 bits per heavy atom. The van der Waals surface area contributed by atoms with Crippen LogP contribution in [0.1, 0.15) is 182 Å². The smallest absolute Gasteiger partial charge is 0.311 e. The van der Waals surface area contributed by atoms with E-state index in [0.717, 1.165) is 77.2 Å². The van der Waals surface area contributed by atoms with Gasteiger partial charge < -0.3 is 29.1 Å². The molecule has 398 valence electrons. The molecular weight excluding hydrogens is 960 g/mol. The van der Waals surface area contributed by atoms with Crippen molar-refractivity contribution in [2.24, 2.45) is 33.5 Å². The minimum Gasteiger partial charge on any atom is -0.481 e. The standard InChI is InChI=1S/C31H42ClNO4.C30H40ClNO4/c1-20-23-16-33(30-13-12-29(17-30,18-30)26(35)36-7)25(34)15-31(23,19-37-28(20,5)6)22-9-8-21(24(32)14-22)10-11-27(2,3)4;1-19-22-15-32(29-12-11-28(16-29,17-29)25(34)35)24(33)14-30(22,18-36-27(19,5)6)21-8-7-20(23(31)13-21)9-10-26(2,3)4/h8-9,14,16,20H,10-13,15,17-19H2,1-7H3;7-8,13,15,19H,9-12,14,16-18H2,1-6H3,(H,34,35)/t20?,29?,30?,31-;19?,28?,29?,30-/m11/s1. The largest absolute Gasteiger partial charge is 0.481 e. The molecule has 1 N–H and O–H groups in total. The van der Waals surface area contributed by atoms with Crippen LogP contribution >= 0.6 is 23.2 Å². The third kappa shape index (κ3) is 9.03. The molecule has 6 aliphatic carbocycles. The molecule has 73 heavy (non-hydrogen) atoms. The second-order valence-corrected chi connectivity index (χ2v) is 28.5. The van der Waals surface area contributed by atoms with Gasteiger partial charge in [0.15, 0.2) is 0 Å². The molecule has 2 unspecified atom stereocenters. The molecule has 4 aliphatic heterocycles. The van der Waals surface area contributed by atoms with Gasteiger partial charge in [-0.1, -0.05) is 103 Å². The van der Waals surface area contributed by atoms with Crippen molar-refractivity contribution in [2.75, 3.05) is 20.3 Å². The van der Waals surface area contributed by atoms with Crippen molar-refractivity contribution < 1.29 is 38.5 Å². The van der Waals surface area contributed by atoms with Crippen molar-refractivity contribution in [2.45, 2.75) is 206 Å². The van der Waals surface area contributed by atoms with Gasteiger partial charge in [0.25, 0.3) is 0 Å². The van der Waals surface area contributed by atoms with Gasteiger partial charge in [0.2, 0.25) is 11.8 Å². The number of carbonyl (C=O) groups is 4. The average molecular weight is 1040 g/mol. The summed E-state index contributed by atoms with van der Waals surface area (Å²) < 4.78 is 18.0. The van der Waals surface area contributed by atoms with Gasteiger partial charge in [-0.2, -0.15) is 0 Å². The molecule has 12 rings (SSSR count). The summed E-state index contributed by atoms with van der Waals surface area (Å²) in [6, 6.07) is 12.7. The summed E-state index contributed by atoms with van der Waals surface area (Å²) in [7, 11) is 1.46. The second-order valence-electron chi connectivity index (χ2n) is 27.7. The second kappa shape index (κ2) is 17.9. The topological polar surface area (TPSA) is 123 Å². The quantitative estimate of drug-likeness (QED) is 0.234. The highest BCUT2D eigenvalue weighted by Crippen LogP contribution is 2.67. The number of aryl methyl sites for hydroxylation is 2. The highest BCUT2D eigenvalue weighted by molar-refractivity contribution is 6.31. The number of amides is 2. The summed E-state index contributed by atoms with van der Waals surface area (Å²) in [4.78, 5) is 56.0. The molecule has 8 fully saturated rings. The number of nitrogens with zero attached hydrogens (tertiary/aromatic N) is 2. The fraction of sp³-hybridized carbons (Fsp3) is 0.672. The van der Waals surface area contributed by atoms with Crippen LogP contribution < -0.4 is 0 Å². The Hall–Kier alpha value is -3.70. The number of hydrogen-bond donors (Lipinski definition) is 1. The van der Waals surface area contributed by atoms with E-state index in [2.05, 4.69) is 132 Å². The molecule has 4 atom stereocenters. The predicted molar refractivity (Wildman–Crippen MR) is 286 cm³/mol. The Balaban J connectivity index is 0.000000180. The summed E-state index contributed by atoms with van der Waals surface area (Å²) in [6.07, 6.45) is 14.4. The van der Waals surface area contributed by atoms with Crippen LogP contribution in [0, 0.1) is 33.5 Å². The first-order valence-corrected chi connectivity index (χ1v) is 27.8. The Morgan fingerprint density at radius 3 is 1.38 bits per heavy atom. The Bertz CT molecular complexity index is 2660. The number of benzene rings is 2. The molecule has 0 spiro atoms. The average Bonchev–Trinajstić information content (AvgIpc) is 4.08. The SMILES string of the molecule is CC1C2=CN(C34CCC(C(=O)O)(C3)C4)C(=O)C[C@]2(c2ccc(CCC(C)(C)C)c(Cl)c2)COC1(C)C.COC(=O)C12CCC(N3C=C4C(C)C(C)(C)OC[C@@]4(c4ccc(CCC(C)(C)C)c(Cl)c4)CC3=O)(C1)C2. The molecule has 4 heterocycles. The van der Waals surface area contributed by atoms with Crippen molar-refractivity contribution in [3.63, 3.8) is 0 Å². The van der Waals surface area contributed by atoms with Crippen molar-refractivity contribution in [3.8, 4) is 0 Å². The minimum absolute atomic E-state index is 0.0584. The van der Waals surface area contributed by atoms with E-state index in [1.54, 1.807) is 0 Å². The summed E-state index contributed by atoms with van der Waals surface area (Å²) in [5.41, 5.74) is 3.77. The van der Waals surface area contributed by atoms with Gasteiger partial charge in [0, 0.05) is 58.2 Å². The number of rotatable bonds is 10. The van der Waals surface area contributed by atoms with Gasteiger partial charge in [-0.25, -0.2) is 0 Å². The van der Waals surface area contributed by atoms with Crippen molar-refractivity contribution in [1.29, 1.82) is 0 Å². The van der Waals surface area contributed by atoms with Crippen molar-refractivity contribution in [1.82, 2.24) is 9.80 Å². The zero-order chi connectivity index (χ0) is 53.3.